The van der Waals surface area contributed by atoms with Crippen LogP contribution in [0.3, 0.4) is 0 Å². The van der Waals surface area contributed by atoms with Crippen LogP contribution in [0.4, 0.5) is 5.69 Å². The SMILES string of the molecule is O=C(CNc1ccccc1C(=O)c1ccccc1)c1cccc(S(=O)(=O)N2CCCCCC2)c1. The Morgan fingerprint density at radius 2 is 1.41 bits per heavy atom. The van der Waals surface area contributed by atoms with Crippen molar-refractivity contribution in [2.75, 3.05) is 25.0 Å². The first-order chi connectivity index (χ1) is 16.5. The Bertz CT molecular complexity index is 1260. The zero-order valence-electron chi connectivity index (χ0n) is 18.9. The van der Waals surface area contributed by atoms with Gasteiger partial charge in [-0.3, -0.25) is 9.59 Å². The summed E-state index contributed by atoms with van der Waals surface area (Å²) in [6, 6.07) is 22.2. The van der Waals surface area contributed by atoms with E-state index in [9.17, 15) is 18.0 Å². The van der Waals surface area contributed by atoms with E-state index in [0.29, 0.717) is 35.5 Å². The van der Waals surface area contributed by atoms with Gasteiger partial charge in [0.25, 0.3) is 0 Å². The monoisotopic (exact) mass is 476 g/mol. The van der Waals surface area contributed by atoms with Crippen LogP contribution >= 0.6 is 0 Å². The van der Waals surface area contributed by atoms with Crippen molar-refractivity contribution in [3.63, 3.8) is 0 Å². The molecule has 0 aromatic heterocycles. The molecule has 3 aromatic carbocycles. The van der Waals surface area contributed by atoms with E-state index in [2.05, 4.69) is 5.32 Å². The number of anilines is 1. The molecule has 1 aliphatic heterocycles. The highest BCUT2D eigenvalue weighted by Crippen LogP contribution is 2.22. The quantitative estimate of drug-likeness (QED) is 0.473. The van der Waals surface area contributed by atoms with Crippen molar-refractivity contribution in [1.29, 1.82) is 0 Å². The number of nitrogens with zero attached hydrogens (tertiary/aromatic N) is 1. The largest absolute Gasteiger partial charge is 0.377 e. The van der Waals surface area contributed by atoms with Crippen molar-refractivity contribution >= 4 is 27.3 Å². The van der Waals surface area contributed by atoms with E-state index in [0.717, 1.165) is 25.7 Å². The van der Waals surface area contributed by atoms with Crippen molar-refractivity contribution in [2.45, 2.75) is 30.6 Å². The topological polar surface area (TPSA) is 83.5 Å². The Morgan fingerprint density at radius 1 is 0.765 bits per heavy atom. The predicted molar refractivity (Wildman–Crippen MR) is 133 cm³/mol. The van der Waals surface area contributed by atoms with Crippen LogP contribution in [0.15, 0.2) is 83.8 Å². The van der Waals surface area contributed by atoms with Crippen molar-refractivity contribution in [3.8, 4) is 0 Å². The van der Waals surface area contributed by atoms with Gasteiger partial charge in [-0.05, 0) is 37.1 Å². The van der Waals surface area contributed by atoms with Gasteiger partial charge in [0.15, 0.2) is 11.6 Å². The molecule has 1 saturated heterocycles. The first kappa shape index (κ1) is 23.9. The molecule has 34 heavy (non-hydrogen) atoms. The summed E-state index contributed by atoms with van der Waals surface area (Å²) in [5.74, 6) is -0.392. The molecule has 1 N–H and O–H groups in total. The summed E-state index contributed by atoms with van der Waals surface area (Å²) < 4.78 is 27.7. The van der Waals surface area contributed by atoms with Gasteiger partial charge in [-0.25, -0.2) is 8.42 Å². The van der Waals surface area contributed by atoms with Gasteiger partial charge < -0.3 is 5.32 Å². The Hall–Kier alpha value is -3.29. The summed E-state index contributed by atoms with van der Waals surface area (Å²) in [6.07, 6.45) is 3.76. The molecule has 6 nitrogen and oxygen atoms in total. The number of nitrogens with one attached hydrogen (secondary N) is 1. The van der Waals surface area contributed by atoms with Crippen molar-refractivity contribution in [1.82, 2.24) is 4.31 Å². The minimum absolute atomic E-state index is 0.0632. The van der Waals surface area contributed by atoms with Gasteiger partial charge in [-0.15, -0.1) is 0 Å². The standard InChI is InChI=1S/C27H28N2O4S/c30-26(20-28-25-16-7-6-15-24(25)27(31)21-11-4-3-5-12-21)22-13-10-14-23(19-22)34(32,33)29-17-8-1-2-9-18-29/h3-7,10-16,19,28H,1-2,8-9,17-18,20H2. The summed E-state index contributed by atoms with van der Waals surface area (Å²) >= 11 is 0. The zero-order valence-corrected chi connectivity index (χ0v) is 19.8. The van der Waals surface area contributed by atoms with E-state index >= 15 is 0 Å². The van der Waals surface area contributed by atoms with Crippen LogP contribution in [0.5, 0.6) is 0 Å². The lowest BCUT2D eigenvalue weighted by Gasteiger charge is -2.20. The van der Waals surface area contributed by atoms with Gasteiger partial charge in [0, 0.05) is 35.5 Å². The normalized spacial score (nSPS) is 14.8. The highest BCUT2D eigenvalue weighted by molar-refractivity contribution is 7.89. The summed E-state index contributed by atoms with van der Waals surface area (Å²) in [4.78, 5) is 26.0. The third kappa shape index (κ3) is 5.43. The maximum atomic E-state index is 13.1. The van der Waals surface area contributed by atoms with Gasteiger partial charge in [0.2, 0.25) is 10.0 Å². The maximum Gasteiger partial charge on any atom is 0.243 e. The highest BCUT2D eigenvalue weighted by Gasteiger charge is 2.26. The highest BCUT2D eigenvalue weighted by atomic mass is 32.2. The second kappa shape index (κ2) is 10.8. The number of carbonyl (C=O) groups is 2. The van der Waals surface area contributed by atoms with Crippen LogP contribution in [-0.4, -0.2) is 43.9 Å². The van der Waals surface area contributed by atoms with Crippen LogP contribution in [0.2, 0.25) is 0 Å². The molecule has 7 heteroatoms. The Kier molecular flexibility index (Phi) is 7.55. The fourth-order valence-corrected chi connectivity index (χ4v) is 5.68. The molecular weight excluding hydrogens is 448 g/mol. The van der Waals surface area contributed by atoms with E-state index < -0.39 is 10.0 Å². The molecular formula is C27H28N2O4S. The number of hydrogen-bond acceptors (Lipinski definition) is 5. The number of para-hydroxylation sites is 1. The van der Waals surface area contributed by atoms with Crippen LogP contribution in [0.25, 0.3) is 0 Å². The number of carbonyl (C=O) groups excluding carboxylic acids is 2. The average molecular weight is 477 g/mol. The third-order valence-electron chi connectivity index (χ3n) is 6.01. The van der Waals surface area contributed by atoms with Crippen LogP contribution in [0, 0.1) is 0 Å². The van der Waals surface area contributed by atoms with E-state index in [4.69, 9.17) is 0 Å². The summed E-state index contributed by atoms with van der Waals surface area (Å²) in [5, 5.41) is 3.06. The minimum Gasteiger partial charge on any atom is -0.377 e. The van der Waals surface area contributed by atoms with Crippen molar-refractivity contribution < 1.29 is 18.0 Å². The Morgan fingerprint density at radius 3 is 2.15 bits per heavy atom. The number of hydrogen-bond donors (Lipinski definition) is 1. The second-order valence-electron chi connectivity index (χ2n) is 8.36. The van der Waals surface area contributed by atoms with Gasteiger partial charge in [-0.2, -0.15) is 4.31 Å². The van der Waals surface area contributed by atoms with E-state index in [1.165, 1.54) is 16.4 Å². The number of sulfonamides is 1. The molecule has 1 aliphatic rings. The van der Waals surface area contributed by atoms with Crippen molar-refractivity contribution in [3.05, 3.63) is 95.6 Å². The first-order valence-corrected chi connectivity index (χ1v) is 13.0. The molecule has 0 amide bonds. The lowest BCUT2D eigenvalue weighted by atomic mass is 10.0. The van der Waals surface area contributed by atoms with E-state index in [1.807, 2.05) is 6.07 Å². The summed E-state index contributed by atoms with van der Waals surface area (Å²) in [7, 11) is -3.64. The lowest BCUT2D eigenvalue weighted by molar-refractivity contribution is 0.100. The van der Waals surface area contributed by atoms with Crippen molar-refractivity contribution in [2.24, 2.45) is 0 Å². The van der Waals surface area contributed by atoms with Gasteiger partial charge >= 0.3 is 0 Å². The summed E-state index contributed by atoms with van der Waals surface area (Å²) in [6.45, 7) is 0.953. The second-order valence-corrected chi connectivity index (χ2v) is 10.3. The molecule has 0 atom stereocenters. The van der Waals surface area contributed by atoms with Gasteiger partial charge in [0.1, 0.15) is 0 Å². The molecule has 0 unspecified atom stereocenters. The molecule has 1 heterocycles. The molecule has 0 spiro atoms. The minimum atomic E-state index is -3.64. The van der Waals surface area contributed by atoms with Crippen LogP contribution < -0.4 is 5.32 Å². The molecule has 0 saturated carbocycles. The van der Waals surface area contributed by atoms with E-state index in [-0.39, 0.29) is 23.0 Å². The van der Waals surface area contributed by atoms with Gasteiger partial charge in [0.05, 0.1) is 11.4 Å². The van der Waals surface area contributed by atoms with E-state index in [1.54, 1.807) is 60.7 Å². The smallest absolute Gasteiger partial charge is 0.243 e. The zero-order chi connectivity index (χ0) is 24.0. The molecule has 0 aliphatic carbocycles. The molecule has 0 bridgehead atoms. The van der Waals surface area contributed by atoms with Gasteiger partial charge in [-0.1, -0.05) is 67.4 Å². The average Bonchev–Trinajstić information content (AvgIpc) is 3.18. The molecule has 176 valence electrons. The molecule has 3 aromatic rings. The lowest BCUT2D eigenvalue weighted by Crippen LogP contribution is -2.32. The molecule has 4 rings (SSSR count). The third-order valence-corrected chi connectivity index (χ3v) is 7.90. The molecule has 1 fully saturated rings. The number of ketones is 2. The number of benzene rings is 3. The maximum absolute atomic E-state index is 13.1. The summed E-state index contributed by atoms with van der Waals surface area (Å²) in [5.41, 5.74) is 1.90. The fourth-order valence-electron chi connectivity index (χ4n) is 4.12. The Labute approximate surface area is 200 Å². The Balaban J connectivity index is 1.49. The number of Topliss-reactive ketones (excluding diaryl/α,β-unsaturated/α-hetero) is 1. The molecule has 0 radical (unpaired) electrons. The predicted octanol–water partition coefficient (Wildman–Crippen LogP) is 4.78. The first-order valence-electron chi connectivity index (χ1n) is 11.5. The number of rotatable bonds is 8. The fraction of sp³-hybridized carbons (Fsp3) is 0.259. The van der Waals surface area contributed by atoms with Crippen LogP contribution in [0.1, 0.15) is 52.0 Å². The van der Waals surface area contributed by atoms with Crippen LogP contribution in [-0.2, 0) is 10.0 Å².